The summed E-state index contributed by atoms with van der Waals surface area (Å²) in [6.45, 7) is 5.07. The molecule has 242 valence electrons. The number of nitrogens with one attached hydrogen (secondary N) is 3. The largest absolute Gasteiger partial charge is 0.435 e. The molecule has 0 radical (unpaired) electrons. The van der Waals surface area contributed by atoms with Crippen LogP contribution in [-0.4, -0.2) is 104 Å². The summed E-state index contributed by atoms with van der Waals surface area (Å²) in [6.07, 6.45) is -1.01. The summed E-state index contributed by atoms with van der Waals surface area (Å²) in [5.74, 6) is -0.929. The zero-order chi connectivity index (χ0) is 32.6. The highest BCUT2D eigenvalue weighted by atomic mass is 19.4. The van der Waals surface area contributed by atoms with Crippen molar-refractivity contribution in [2.75, 3.05) is 39.3 Å². The van der Waals surface area contributed by atoms with Crippen LogP contribution in [0.2, 0.25) is 0 Å². The van der Waals surface area contributed by atoms with Crippen molar-refractivity contribution < 1.29 is 27.6 Å². The van der Waals surface area contributed by atoms with Crippen LogP contribution in [0.1, 0.15) is 51.1 Å². The average molecular weight is 639 g/mol. The topological polar surface area (TPSA) is 155 Å². The van der Waals surface area contributed by atoms with Gasteiger partial charge in [0, 0.05) is 69.7 Å². The number of benzene rings is 1. The summed E-state index contributed by atoms with van der Waals surface area (Å²) >= 11 is 0. The molecule has 13 nitrogen and oxygen atoms in total. The lowest BCUT2D eigenvalue weighted by atomic mass is 10.0. The van der Waals surface area contributed by atoms with Crippen molar-refractivity contribution in [1.29, 1.82) is 5.26 Å². The van der Waals surface area contributed by atoms with Gasteiger partial charge in [0.05, 0.1) is 23.5 Å². The second-order valence-electron chi connectivity index (χ2n) is 11.6. The van der Waals surface area contributed by atoms with E-state index in [1.807, 2.05) is 22.8 Å². The first-order chi connectivity index (χ1) is 22.0. The molecule has 46 heavy (non-hydrogen) atoms. The van der Waals surface area contributed by atoms with Crippen LogP contribution in [0.3, 0.4) is 0 Å². The molecule has 4 amide bonds. The zero-order valence-electron chi connectivity index (χ0n) is 25.1. The van der Waals surface area contributed by atoms with Gasteiger partial charge in [0.15, 0.2) is 11.5 Å². The second kappa shape index (κ2) is 12.5. The Balaban J connectivity index is 1.05. The molecular weight excluding hydrogens is 605 g/mol. The molecule has 5 heterocycles. The van der Waals surface area contributed by atoms with E-state index in [0.29, 0.717) is 44.2 Å². The Morgan fingerprint density at radius 3 is 2.57 bits per heavy atom. The van der Waals surface area contributed by atoms with Crippen molar-refractivity contribution >= 4 is 17.8 Å². The van der Waals surface area contributed by atoms with Crippen LogP contribution in [0.25, 0.3) is 11.3 Å². The highest BCUT2D eigenvalue weighted by Gasteiger charge is 2.42. The number of aromatic amines is 1. The third-order valence-corrected chi connectivity index (χ3v) is 8.72. The second-order valence-corrected chi connectivity index (χ2v) is 11.6. The van der Waals surface area contributed by atoms with Gasteiger partial charge in [0.1, 0.15) is 6.54 Å². The minimum absolute atomic E-state index is 0.0466. The average Bonchev–Trinajstić information content (AvgIpc) is 3.87. The van der Waals surface area contributed by atoms with Gasteiger partial charge in [-0.15, -0.1) is 0 Å². The molecule has 0 spiro atoms. The summed E-state index contributed by atoms with van der Waals surface area (Å²) in [6, 6.07) is 7.74. The van der Waals surface area contributed by atoms with Crippen LogP contribution in [-0.2, 0) is 25.7 Å². The molecule has 3 fully saturated rings. The maximum atomic E-state index is 13.5. The number of urea groups is 1. The van der Waals surface area contributed by atoms with Crippen molar-refractivity contribution in [2.24, 2.45) is 0 Å². The minimum atomic E-state index is -4.77. The lowest BCUT2D eigenvalue weighted by Crippen LogP contribution is -2.57. The number of H-pyrrole nitrogens is 1. The maximum absolute atomic E-state index is 13.5. The smallest absolute Gasteiger partial charge is 0.345 e. The molecule has 6 rings (SSSR count). The van der Waals surface area contributed by atoms with Gasteiger partial charge in [-0.3, -0.25) is 14.3 Å². The molecule has 3 aliphatic heterocycles. The van der Waals surface area contributed by atoms with Crippen molar-refractivity contribution in [3.8, 4) is 17.3 Å². The molecule has 3 N–H and O–H groups in total. The summed E-state index contributed by atoms with van der Waals surface area (Å²) in [4.78, 5) is 51.4. The highest BCUT2D eigenvalue weighted by molar-refractivity contribution is 5.96. The standard InChI is InChI=1S/C30H33F3N10O3/c1-2-19-11-18(13-37-27(44)26-36-15-24(38-26)23-17-42(6-5-34)39-25(23)30(31,32)33)3-4-22(19)28(45)40-7-9-41(10-8-40)29(46)43-16-20-12-21(43)14-35-20/h3-4,11,15,17,20-21,35H,2,6-10,12-14,16H2,1H3,(H,36,38)(H,37,44). The first-order valence-corrected chi connectivity index (χ1v) is 15.1. The van der Waals surface area contributed by atoms with E-state index in [2.05, 4.69) is 25.7 Å². The van der Waals surface area contributed by atoms with Gasteiger partial charge in [0.2, 0.25) is 0 Å². The van der Waals surface area contributed by atoms with Gasteiger partial charge in [0.25, 0.3) is 11.8 Å². The first-order valence-electron chi connectivity index (χ1n) is 15.1. The fourth-order valence-electron chi connectivity index (χ4n) is 6.33. The number of piperazine rings is 2. The van der Waals surface area contributed by atoms with Crippen molar-refractivity contribution in [1.82, 2.24) is 45.1 Å². The van der Waals surface area contributed by atoms with Crippen LogP contribution in [0.5, 0.6) is 0 Å². The number of rotatable bonds is 7. The minimum Gasteiger partial charge on any atom is -0.345 e. The number of carbonyl (C=O) groups excluding carboxylic acids is 3. The van der Waals surface area contributed by atoms with Crippen LogP contribution < -0.4 is 10.6 Å². The van der Waals surface area contributed by atoms with Crippen LogP contribution in [0.4, 0.5) is 18.0 Å². The van der Waals surface area contributed by atoms with Crippen molar-refractivity contribution in [3.63, 3.8) is 0 Å². The fraction of sp³-hybridized carbons (Fsp3) is 0.467. The number of imidazole rings is 1. The molecule has 1 aromatic carbocycles. The lowest BCUT2D eigenvalue weighted by molar-refractivity contribution is -0.141. The van der Waals surface area contributed by atoms with E-state index in [9.17, 15) is 27.6 Å². The van der Waals surface area contributed by atoms with E-state index in [-0.39, 0.29) is 48.2 Å². The predicted molar refractivity (Wildman–Crippen MR) is 157 cm³/mol. The van der Waals surface area contributed by atoms with Gasteiger partial charge in [-0.1, -0.05) is 19.1 Å². The lowest BCUT2D eigenvalue weighted by Gasteiger charge is -2.39. The molecule has 0 aliphatic carbocycles. The number of likely N-dealkylation sites (tertiary alicyclic amines) is 1. The first kappa shape index (κ1) is 31.1. The molecule has 3 saturated heterocycles. The van der Waals surface area contributed by atoms with E-state index in [1.165, 1.54) is 0 Å². The molecule has 16 heteroatoms. The number of hydrogen-bond acceptors (Lipinski definition) is 7. The van der Waals surface area contributed by atoms with Crippen LogP contribution >= 0.6 is 0 Å². The SMILES string of the molecule is CCc1cc(CNC(=O)c2ncc(-c3cn(CC#N)nc3C(F)(F)F)[nH]2)ccc1C(=O)N1CCN(C(=O)N2CC3CC2CN3)CC1. The number of aromatic nitrogens is 4. The molecule has 3 aliphatic rings. The molecule has 3 aromatic rings. The van der Waals surface area contributed by atoms with Gasteiger partial charge >= 0.3 is 12.2 Å². The third-order valence-electron chi connectivity index (χ3n) is 8.72. The Bertz CT molecular complexity index is 1690. The third kappa shape index (κ3) is 6.14. The Hall–Kier alpha value is -4.91. The molecule has 0 saturated carbocycles. The quantitative estimate of drug-likeness (QED) is 0.359. The number of fused-ring (bicyclic) bond motifs is 2. The fourth-order valence-corrected chi connectivity index (χ4v) is 6.33. The summed E-state index contributed by atoms with van der Waals surface area (Å²) in [5, 5.41) is 18.4. The van der Waals surface area contributed by atoms with E-state index < -0.39 is 17.8 Å². The van der Waals surface area contributed by atoms with Crippen molar-refractivity contribution in [3.05, 3.63) is 58.8 Å². The number of nitrogens with zero attached hydrogens (tertiary/aromatic N) is 7. The van der Waals surface area contributed by atoms with Crippen molar-refractivity contribution in [2.45, 2.75) is 51.1 Å². The molecule has 2 aromatic heterocycles. The monoisotopic (exact) mass is 638 g/mol. The van der Waals surface area contributed by atoms with Crippen LogP contribution in [0, 0.1) is 11.3 Å². The normalized spacial score (nSPS) is 19.4. The Labute approximate surface area is 262 Å². The number of aryl methyl sites for hydroxylation is 1. The molecular formula is C30H33F3N10O3. The Morgan fingerprint density at radius 1 is 1.15 bits per heavy atom. The van der Waals surface area contributed by atoms with Crippen LogP contribution in [0.15, 0.2) is 30.6 Å². The van der Waals surface area contributed by atoms with E-state index in [1.54, 1.807) is 23.1 Å². The number of halogens is 3. The van der Waals surface area contributed by atoms with Gasteiger partial charge in [-0.05, 0) is 30.0 Å². The maximum Gasteiger partial charge on any atom is 0.435 e. The number of carbonyl (C=O) groups is 3. The summed E-state index contributed by atoms with van der Waals surface area (Å²) in [5.41, 5.74) is 0.519. The Morgan fingerprint density at radius 2 is 1.91 bits per heavy atom. The van der Waals surface area contributed by atoms with E-state index in [4.69, 9.17) is 5.26 Å². The molecule has 2 bridgehead atoms. The number of hydrogen-bond donors (Lipinski definition) is 3. The zero-order valence-corrected chi connectivity index (χ0v) is 25.1. The Kier molecular flexibility index (Phi) is 8.43. The van der Waals surface area contributed by atoms with E-state index in [0.717, 1.165) is 47.7 Å². The number of nitriles is 1. The summed E-state index contributed by atoms with van der Waals surface area (Å²) < 4.78 is 41.4. The predicted octanol–water partition coefficient (Wildman–Crippen LogP) is 2.23. The molecule has 2 atom stereocenters. The molecule has 2 unspecified atom stereocenters. The van der Waals surface area contributed by atoms with E-state index >= 15 is 0 Å². The van der Waals surface area contributed by atoms with Gasteiger partial charge in [-0.25, -0.2) is 9.78 Å². The number of amides is 4. The summed E-state index contributed by atoms with van der Waals surface area (Å²) in [7, 11) is 0. The van der Waals surface area contributed by atoms with Gasteiger partial charge < -0.3 is 30.3 Å². The van der Waals surface area contributed by atoms with Gasteiger partial charge in [-0.2, -0.15) is 23.5 Å². The number of alkyl halides is 3. The highest BCUT2D eigenvalue weighted by Crippen LogP contribution is 2.35.